The van der Waals surface area contributed by atoms with E-state index in [1.165, 1.54) is 0 Å². The molecule has 0 radical (unpaired) electrons. The number of carbonyl (C=O) groups excluding carboxylic acids is 3. The molecule has 1 aromatic rings. The van der Waals surface area contributed by atoms with Crippen LogP contribution in [-0.2, 0) is 14.4 Å². The van der Waals surface area contributed by atoms with Gasteiger partial charge in [-0.25, -0.2) is 0 Å². The molecule has 1 N–H and O–H groups in total. The number of anilines is 1. The topological polar surface area (TPSA) is 81.2 Å². The molecule has 3 aliphatic heterocycles. The van der Waals surface area contributed by atoms with Crippen molar-refractivity contribution in [1.82, 2.24) is 9.80 Å². The number of thioether (sulfide) groups is 1. The molecule has 7 nitrogen and oxygen atoms in total. The smallest absolute Gasteiger partial charge is 0.251 e. The fourth-order valence-corrected chi connectivity index (χ4v) is 9.32. The first-order valence-corrected chi connectivity index (χ1v) is 13.9. The molecule has 3 amide bonds. The molecule has 1 spiro atoms. The molecule has 0 saturated carbocycles. The number of fused-ring (bicyclic) bond motifs is 1. The lowest BCUT2D eigenvalue weighted by Gasteiger charge is -2.42. The molecule has 2 bridgehead atoms. The summed E-state index contributed by atoms with van der Waals surface area (Å²) < 4.78 is -0.742. The minimum atomic E-state index is -0.793. The number of aliphatic hydroxyl groups is 1. The summed E-state index contributed by atoms with van der Waals surface area (Å²) in [5, 5.41) is 10.1. The summed E-state index contributed by atoms with van der Waals surface area (Å²) in [5.74, 6) is -1.52. The fraction of sp³-hybridized carbons (Fsp3) is 0.552. The van der Waals surface area contributed by atoms with Crippen molar-refractivity contribution in [3.05, 3.63) is 54.6 Å². The standard InChI is InChI=1S/C29H39N3O4S/c1-8-13-30(7)26(34)22-21-15-19(5)29(37-21)23(22)27(35)32(20(6)16-33)25(29)28(36)31(14-9-2)24-17(3)11-10-12-18(24)4/h8-12,19-23,25,33H,1-2,13-16H2,3-7H3/t19?,20-,21+,22-,23+,25?,29?/m1/s1. The minimum Gasteiger partial charge on any atom is -0.394 e. The third kappa shape index (κ3) is 4.04. The Labute approximate surface area is 224 Å². The highest BCUT2D eigenvalue weighted by atomic mass is 32.2. The lowest BCUT2D eigenvalue weighted by Crippen LogP contribution is -2.59. The van der Waals surface area contributed by atoms with E-state index in [9.17, 15) is 19.5 Å². The lowest BCUT2D eigenvalue weighted by atomic mass is 9.65. The molecule has 37 heavy (non-hydrogen) atoms. The van der Waals surface area contributed by atoms with E-state index >= 15 is 0 Å². The molecule has 200 valence electrons. The normalized spacial score (nSPS) is 30.7. The van der Waals surface area contributed by atoms with Gasteiger partial charge in [0.1, 0.15) is 6.04 Å². The maximum absolute atomic E-state index is 14.7. The number of para-hydroxylation sites is 1. The minimum absolute atomic E-state index is 0.0290. The third-order valence-electron chi connectivity index (χ3n) is 8.51. The molecule has 3 heterocycles. The summed E-state index contributed by atoms with van der Waals surface area (Å²) >= 11 is 1.65. The Morgan fingerprint density at radius 3 is 2.41 bits per heavy atom. The van der Waals surface area contributed by atoms with Crippen molar-refractivity contribution in [3.63, 3.8) is 0 Å². The maximum Gasteiger partial charge on any atom is 0.251 e. The van der Waals surface area contributed by atoms with E-state index in [2.05, 4.69) is 20.1 Å². The second-order valence-electron chi connectivity index (χ2n) is 10.8. The molecule has 3 aliphatic rings. The van der Waals surface area contributed by atoms with Crippen LogP contribution in [-0.4, -0.2) is 81.5 Å². The molecule has 0 aliphatic carbocycles. The average molecular weight is 526 g/mol. The summed E-state index contributed by atoms with van der Waals surface area (Å²) in [6, 6.07) is 4.56. The van der Waals surface area contributed by atoms with Crippen molar-refractivity contribution >= 4 is 35.2 Å². The predicted molar refractivity (Wildman–Crippen MR) is 148 cm³/mol. The first-order valence-electron chi connectivity index (χ1n) is 13.0. The summed E-state index contributed by atoms with van der Waals surface area (Å²) in [6.45, 7) is 15.9. The number of carbonyl (C=O) groups is 3. The number of hydrogen-bond donors (Lipinski definition) is 1. The molecule has 0 aromatic heterocycles. The number of aryl methyl sites for hydroxylation is 2. The van der Waals surface area contributed by atoms with Crippen LogP contribution in [0, 0.1) is 31.6 Å². The Morgan fingerprint density at radius 2 is 1.84 bits per heavy atom. The van der Waals surface area contributed by atoms with Crippen LogP contribution in [0.5, 0.6) is 0 Å². The highest BCUT2D eigenvalue weighted by Gasteiger charge is 2.76. The number of aliphatic hydroxyl groups excluding tert-OH is 1. The largest absolute Gasteiger partial charge is 0.394 e. The summed E-state index contributed by atoms with van der Waals surface area (Å²) in [4.78, 5) is 47.5. The van der Waals surface area contributed by atoms with Gasteiger partial charge in [0.05, 0.1) is 29.2 Å². The van der Waals surface area contributed by atoms with Crippen LogP contribution in [0.1, 0.15) is 31.4 Å². The zero-order valence-corrected chi connectivity index (χ0v) is 23.3. The van der Waals surface area contributed by atoms with Gasteiger partial charge in [-0.2, -0.15) is 0 Å². The third-order valence-corrected chi connectivity index (χ3v) is 10.6. The van der Waals surface area contributed by atoms with Crippen LogP contribution in [0.25, 0.3) is 0 Å². The number of likely N-dealkylation sites (tertiary alicyclic amines) is 1. The Morgan fingerprint density at radius 1 is 1.22 bits per heavy atom. The van der Waals surface area contributed by atoms with Gasteiger partial charge in [-0.1, -0.05) is 37.3 Å². The number of benzene rings is 1. The number of amides is 3. The maximum atomic E-state index is 14.7. The molecule has 3 unspecified atom stereocenters. The van der Waals surface area contributed by atoms with Gasteiger partial charge in [-0.15, -0.1) is 24.9 Å². The summed E-state index contributed by atoms with van der Waals surface area (Å²) in [7, 11) is 1.74. The highest BCUT2D eigenvalue weighted by Crippen LogP contribution is 2.69. The second kappa shape index (κ2) is 10.3. The average Bonchev–Trinajstić information content (AvgIpc) is 3.45. The monoisotopic (exact) mass is 525 g/mol. The zero-order valence-electron chi connectivity index (χ0n) is 22.5. The van der Waals surface area contributed by atoms with Gasteiger partial charge < -0.3 is 19.8 Å². The van der Waals surface area contributed by atoms with Gasteiger partial charge in [0.25, 0.3) is 5.91 Å². The Bertz CT molecular complexity index is 1100. The Balaban J connectivity index is 1.86. The van der Waals surface area contributed by atoms with Gasteiger partial charge in [-0.3, -0.25) is 14.4 Å². The van der Waals surface area contributed by atoms with Crippen LogP contribution in [0.15, 0.2) is 43.5 Å². The molecule has 8 heteroatoms. The van der Waals surface area contributed by atoms with Crippen molar-refractivity contribution in [3.8, 4) is 0 Å². The van der Waals surface area contributed by atoms with Crippen molar-refractivity contribution in [2.45, 2.75) is 56.2 Å². The van der Waals surface area contributed by atoms with Crippen LogP contribution < -0.4 is 4.90 Å². The van der Waals surface area contributed by atoms with E-state index in [0.29, 0.717) is 13.1 Å². The van der Waals surface area contributed by atoms with Crippen LogP contribution >= 0.6 is 11.8 Å². The number of nitrogens with zero attached hydrogens (tertiary/aromatic N) is 3. The summed E-state index contributed by atoms with van der Waals surface area (Å²) in [5.41, 5.74) is 2.75. The SMILES string of the molecule is C=CCN(C)C(=O)[C@@H]1[C@@H]2CC(C)C3(S2)C(C(=O)N(CC=C)c2c(C)cccc2C)N([C@H](C)CO)C(=O)[C@H]13. The van der Waals surface area contributed by atoms with Crippen molar-refractivity contribution in [1.29, 1.82) is 0 Å². The van der Waals surface area contributed by atoms with Crippen LogP contribution in [0.3, 0.4) is 0 Å². The van der Waals surface area contributed by atoms with Gasteiger partial charge in [0.15, 0.2) is 0 Å². The van der Waals surface area contributed by atoms with Crippen molar-refractivity contribution < 1.29 is 19.5 Å². The fourth-order valence-electron chi connectivity index (χ4n) is 6.92. The van der Waals surface area contributed by atoms with E-state index in [0.717, 1.165) is 23.2 Å². The van der Waals surface area contributed by atoms with Gasteiger partial charge in [0.2, 0.25) is 11.8 Å². The molecule has 7 atom stereocenters. The first-order chi connectivity index (χ1) is 17.6. The van der Waals surface area contributed by atoms with Crippen LogP contribution in [0.4, 0.5) is 5.69 Å². The van der Waals surface area contributed by atoms with E-state index in [1.807, 2.05) is 32.0 Å². The predicted octanol–water partition coefficient (Wildman–Crippen LogP) is 3.18. The quantitative estimate of drug-likeness (QED) is 0.501. The number of likely N-dealkylation sites (N-methyl/N-ethyl adjacent to an activating group) is 1. The van der Waals surface area contributed by atoms with Gasteiger partial charge >= 0.3 is 0 Å². The molecule has 1 aromatic carbocycles. The van der Waals surface area contributed by atoms with Crippen molar-refractivity contribution in [2.24, 2.45) is 17.8 Å². The van der Waals surface area contributed by atoms with Gasteiger partial charge in [0, 0.05) is 31.1 Å². The Kier molecular flexibility index (Phi) is 7.64. The van der Waals surface area contributed by atoms with E-state index in [1.54, 1.807) is 52.6 Å². The first kappa shape index (κ1) is 27.5. The van der Waals surface area contributed by atoms with E-state index in [4.69, 9.17) is 0 Å². The van der Waals surface area contributed by atoms with Gasteiger partial charge in [-0.05, 0) is 44.2 Å². The van der Waals surface area contributed by atoms with E-state index in [-0.39, 0.29) is 35.5 Å². The number of hydrogen-bond acceptors (Lipinski definition) is 5. The summed E-state index contributed by atoms with van der Waals surface area (Å²) in [6.07, 6.45) is 4.15. The highest BCUT2D eigenvalue weighted by molar-refractivity contribution is 8.02. The van der Waals surface area contributed by atoms with E-state index < -0.39 is 28.7 Å². The molecule has 3 fully saturated rings. The van der Waals surface area contributed by atoms with Crippen molar-refractivity contribution in [2.75, 3.05) is 31.6 Å². The zero-order chi connectivity index (χ0) is 27.2. The Hall–Kier alpha value is -2.58. The van der Waals surface area contributed by atoms with Crippen LogP contribution in [0.2, 0.25) is 0 Å². The molecule has 4 rings (SSSR count). The lowest BCUT2D eigenvalue weighted by molar-refractivity contribution is -0.144. The molecule has 3 saturated heterocycles. The second-order valence-corrected chi connectivity index (χ2v) is 12.4. The number of rotatable bonds is 9. The molecular formula is C29H39N3O4S. The molecular weight excluding hydrogens is 486 g/mol.